The largest absolute Gasteiger partial charge is 0.322 e. The number of hydrogen-bond donors (Lipinski definition) is 1. The van der Waals surface area contributed by atoms with Gasteiger partial charge in [0.1, 0.15) is 0 Å². The van der Waals surface area contributed by atoms with Gasteiger partial charge in [0.2, 0.25) is 0 Å². The maximum absolute atomic E-state index is 6.29. The van der Waals surface area contributed by atoms with E-state index in [0.717, 1.165) is 15.9 Å². The van der Waals surface area contributed by atoms with Crippen LogP contribution in [0.4, 0.5) is 0 Å². The summed E-state index contributed by atoms with van der Waals surface area (Å²) in [4.78, 5) is 0. The van der Waals surface area contributed by atoms with Crippen molar-refractivity contribution in [2.24, 2.45) is 12.8 Å². The molecule has 1 saturated heterocycles. The molecule has 3 nitrogen and oxygen atoms in total. The van der Waals surface area contributed by atoms with E-state index in [4.69, 9.17) is 5.73 Å². The zero-order valence-electron chi connectivity index (χ0n) is 8.52. The van der Waals surface area contributed by atoms with E-state index in [1.165, 1.54) is 11.5 Å². The molecule has 2 atom stereocenters. The zero-order valence-corrected chi connectivity index (χ0v) is 11.7. The summed E-state index contributed by atoms with van der Waals surface area (Å²) in [6.07, 6.45) is 1.82. The fourth-order valence-electron chi connectivity index (χ4n) is 1.68. The second-order valence-corrected chi connectivity index (χ2v) is 6.86. The zero-order chi connectivity index (χ0) is 10.8. The Morgan fingerprint density at radius 1 is 1.67 bits per heavy atom. The highest BCUT2D eigenvalue weighted by Crippen LogP contribution is 2.34. The molecule has 0 aliphatic carbocycles. The molecule has 6 heteroatoms. The molecule has 0 saturated carbocycles. The molecule has 0 amide bonds. The lowest BCUT2D eigenvalue weighted by molar-refractivity contribution is 0.615. The van der Waals surface area contributed by atoms with Crippen molar-refractivity contribution in [3.8, 4) is 0 Å². The molecular formula is C9H14BrN3S2. The molecular weight excluding hydrogens is 294 g/mol. The van der Waals surface area contributed by atoms with Crippen LogP contribution in [0.3, 0.4) is 0 Å². The molecule has 2 rings (SSSR count). The molecule has 2 N–H and O–H groups in total. The standard InChI is InChI=1S/C9H14BrN3S2/c1-13-9(6(10)4-12-13)8(11)7-5-14-2-3-15-7/h4,7-8H,2-3,5,11H2,1H3. The van der Waals surface area contributed by atoms with Crippen LogP contribution in [0.5, 0.6) is 0 Å². The van der Waals surface area contributed by atoms with Crippen molar-refractivity contribution in [1.82, 2.24) is 9.78 Å². The molecule has 1 aromatic heterocycles. The highest BCUT2D eigenvalue weighted by atomic mass is 79.9. The molecule has 15 heavy (non-hydrogen) atoms. The van der Waals surface area contributed by atoms with Gasteiger partial charge in [-0.2, -0.15) is 28.6 Å². The number of halogens is 1. The predicted molar refractivity (Wildman–Crippen MR) is 71.4 cm³/mol. The van der Waals surface area contributed by atoms with Crippen LogP contribution in [0.1, 0.15) is 11.7 Å². The molecule has 0 spiro atoms. The Morgan fingerprint density at radius 2 is 2.47 bits per heavy atom. The Bertz CT molecular complexity index is 317. The fourth-order valence-corrected chi connectivity index (χ4v) is 5.07. The topological polar surface area (TPSA) is 43.8 Å². The molecule has 2 unspecified atom stereocenters. The molecule has 84 valence electrons. The lowest BCUT2D eigenvalue weighted by atomic mass is 10.1. The normalized spacial score (nSPS) is 24.1. The lowest BCUT2D eigenvalue weighted by Crippen LogP contribution is -2.30. The van der Waals surface area contributed by atoms with Crippen molar-refractivity contribution in [1.29, 1.82) is 0 Å². The third-order valence-corrected chi connectivity index (χ3v) is 5.99. The summed E-state index contributed by atoms with van der Waals surface area (Å²) in [5.41, 5.74) is 7.40. The van der Waals surface area contributed by atoms with Crippen molar-refractivity contribution >= 4 is 39.5 Å². The van der Waals surface area contributed by atoms with Crippen LogP contribution in [-0.2, 0) is 7.05 Å². The monoisotopic (exact) mass is 307 g/mol. The first-order chi connectivity index (χ1) is 7.20. The molecule has 0 aromatic carbocycles. The summed E-state index contributed by atoms with van der Waals surface area (Å²) >= 11 is 7.48. The van der Waals surface area contributed by atoms with E-state index in [1.807, 2.05) is 41.5 Å². The molecule has 1 fully saturated rings. The van der Waals surface area contributed by atoms with Crippen molar-refractivity contribution in [2.75, 3.05) is 17.3 Å². The van der Waals surface area contributed by atoms with Gasteiger partial charge in [-0.15, -0.1) is 0 Å². The van der Waals surface area contributed by atoms with E-state index in [9.17, 15) is 0 Å². The maximum Gasteiger partial charge on any atom is 0.0701 e. The molecule has 2 heterocycles. The number of hydrogen-bond acceptors (Lipinski definition) is 4. The number of aromatic nitrogens is 2. The minimum Gasteiger partial charge on any atom is -0.322 e. The van der Waals surface area contributed by atoms with Crippen molar-refractivity contribution < 1.29 is 0 Å². The minimum absolute atomic E-state index is 0.0738. The predicted octanol–water partition coefficient (Wildman–Crippen LogP) is 2.03. The number of nitrogens with two attached hydrogens (primary N) is 1. The summed E-state index contributed by atoms with van der Waals surface area (Å²) in [6.45, 7) is 0. The van der Waals surface area contributed by atoms with Crippen LogP contribution >= 0.6 is 39.5 Å². The van der Waals surface area contributed by atoms with Gasteiger partial charge in [-0.05, 0) is 15.9 Å². The third kappa shape index (κ3) is 2.54. The number of nitrogens with zero attached hydrogens (tertiary/aromatic N) is 2. The maximum atomic E-state index is 6.29. The van der Waals surface area contributed by atoms with Gasteiger partial charge in [-0.3, -0.25) is 4.68 Å². The molecule has 0 radical (unpaired) electrons. The quantitative estimate of drug-likeness (QED) is 0.908. The van der Waals surface area contributed by atoms with Crippen molar-refractivity contribution in [2.45, 2.75) is 11.3 Å². The van der Waals surface area contributed by atoms with Gasteiger partial charge in [0, 0.05) is 29.6 Å². The van der Waals surface area contributed by atoms with Crippen molar-refractivity contribution in [3.05, 3.63) is 16.4 Å². The molecule has 1 aliphatic rings. The summed E-state index contributed by atoms with van der Waals surface area (Å²) in [6, 6.07) is 0.0738. The Hall–Kier alpha value is 0.350. The Labute approximate surface area is 107 Å². The highest BCUT2D eigenvalue weighted by Gasteiger charge is 2.26. The average Bonchev–Trinajstić information content (AvgIpc) is 2.59. The van der Waals surface area contributed by atoms with Crippen LogP contribution in [0, 0.1) is 0 Å². The van der Waals surface area contributed by atoms with E-state index in [-0.39, 0.29) is 6.04 Å². The van der Waals surface area contributed by atoms with Gasteiger partial charge in [0.15, 0.2) is 0 Å². The van der Waals surface area contributed by atoms with E-state index < -0.39 is 0 Å². The number of aryl methyl sites for hydroxylation is 1. The van der Waals surface area contributed by atoms with Gasteiger partial charge in [-0.25, -0.2) is 0 Å². The van der Waals surface area contributed by atoms with Gasteiger partial charge in [0.25, 0.3) is 0 Å². The summed E-state index contributed by atoms with van der Waals surface area (Å²) in [7, 11) is 1.95. The van der Waals surface area contributed by atoms with E-state index >= 15 is 0 Å². The Kier molecular flexibility index (Phi) is 4.04. The second kappa shape index (κ2) is 5.12. The molecule has 1 aliphatic heterocycles. The first-order valence-corrected chi connectivity index (χ1v) is 7.82. The summed E-state index contributed by atoms with van der Waals surface area (Å²) < 4.78 is 2.89. The first-order valence-electron chi connectivity index (χ1n) is 4.82. The van der Waals surface area contributed by atoms with Gasteiger partial charge >= 0.3 is 0 Å². The number of rotatable bonds is 2. The smallest absolute Gasteiger partial charge is 0.0701 e. The second-order valence-electron chi connectivity index (χ2n) is 3.51. The van der Waals surface area contributed by atoms with Gasteiger partial charge in [0.05, 0.1) is 22.4 Å². The molecule has 1 aromatic rings. The van der Waals surface area contributed by atoms with Crippen LogP contribution < -0.4 is 5.73 Å². The van der Waals surface area contributed by atoms with E-state index in [1.54, 1.807) is 0 Å². The highest BCUT2D eigenvalue weighted by molar-refractivity contribution is 9.10. The SMILES string of the molecule is Cn1ncc(Br)c1C(N)C1CSCCS1. The minimum atomic E-state index is 0.0738. The van der Waals surface area contributed by atoms with E-state index in [0.29, 0.717) is 5.25 Å². The molecule has 0 bridgehead atoms. The summed E-state index contributed by atoms with van der Waals surface area (Å²) in [5, 5.41) is 4.72. The lowest BCUT2D eigenvalue weighted by Gasteiger charge is -2.27. The van der Waals surface area contributed by atoms with Crippen LogP contribution in [0.25, 0.3) is 0 Å². The first kappa shape index (κ1) is 11.8. The number of thioether (sulfide) groups is 2. The Balaban J connectivity index is 2.15. The van der Waals surface area contributed by atoms with Crippen LogP contribution in [0.2, 0.25) is 0 Å². The van der Waals surface area contributed by atoms with Gasteiger partial charge < -0.3 is 5.73 Å². The van der Waals surface area contributed by atoms with Crippen LogP contribution in [0.15, 0.2) is 10.7 Å². The van der Waals surface area contributed by atoms with Gasteiger partial charge in [-0.1, -0.05) is 0 Å². The van der Waals surface area contributed by atoms with Crippen LogP contribution in [-0.4, -0.2) is 32.3 Å². The van der Waals surface area contributed by atoms with Crippen molar-refractivity contribution in [3.63, 3.8) is 0 Å². The fraction of sp³-hybridized carbons (Fsp3) is 0.667. The Morgan fingerprint density at radius 3 is 3.00 bits per heavy atom. The summed E-state index contributed by atoms with van der Waals surface area (Å²) in [5.74, 6) is 3.60. The third-order valence-electron chi connectivity index (χ3n) is 2.50. The van der Waals surface area contributed by atoms with E-state index in [2.05, 4.69) is 21.0 Å². The average molecular weight is 308 g/mol.